The molecule has 0 saturated carbocycles. The molecule has 0 spiro atoms. The van der Waals surface area contributed by atoms with Crippen molar-refractivity contribution in [2.24, 2.45) is 0 Å². The van der Waals surface area contributed by atoms with Crippen molar-refractivity contribution in [2.75, 3.05) is 0 Å². The SMILES string of the molecule is CC1=Cc2c(cccc2C(C)(C)C)[CH]1[Zr]([CH]1C(C)=Cc2c1cccc2C(C)(C)C)[SiH](C)C. The van der Waals surface area contributed by atoms with Crippen molar-refractivity contribution in [2.45, 2.75) is 86.6 Å². The summed E-state index contributed by atoms with van der Waals surface area (Å²) < 4.78 is 1.47. The summed E-state index contributed by atoms with van der Waals surface area (Å²) in [6.07, 6.45) is 5.14. The Kier molecular flexibility index (Phi) is 6.30. The molecule has 0 saturated heterocycles. The summed E-state index contributed by atoms with van der Waals surface area (Å²) in [6.45, 7) is 24.4. The van der Waals surface area contributed by atoms with Gasteiger partial charge in [0, 0.05) is 0 Å². The minimum absolute atomic E-state index is 0.188. The summed E-state index contributed by atoms with van der Waals surface area (Å²) in [7, 11) is 0. The summed E-state index contributed by atoms with van der Waals surface area (Å²) in [5.74, 6) is -0.787. The van der Waals surface area contributed by atoms with E-state index in [1.807, 2.05) is 0 Å². The Bertz CT molecular complexity index is 1020. The molecule has 32 heavy (non-hydrogen) atoms. The molecule has 0 aromatic heterocycles. The van der Waals surface area contributed by atoms with E-state index in [9.17, 15) is 0 Å². The summed E-state index contributed by atoms with van der Waals surface area (Å²) in [5.41, 5.74) is 13.2. The first-order chi connectivity index (χ1) is 14.8. The molecular weight excluding hydrogens is 480 g/mol. The molecule has 2 aromatic carbocycles. The van der Waals surface area contributed by atoms with Gasteiger partial charge in [0.25, 0.3) is 0 Å². The average molecular weight is 521 g/mol. The molecule has 0 N–H and O–H groups in total. The molecule has 0 heterocycles. The molecule has 169 valence electrons. The molecule has 0 radical (unpaired) electrons. The van der Waals surface area contributed by atoms with Gasteiger partial charge < -0.3 is 0 Å². The van der Waals surface area contributed by atoms with E-state index < -0.39 is 26.8 Å². The standard InChI is InChI=1S/2C14H17.C2H7Si.Zr/c2*1-10-8-11-6-5-7-13(12(11)9-10)14(2,3)4;1-3-2;/h2*5-9H,1-4H3;3H,1-2H3;. The number of hydrogen-bond acceptors (Lipinski definition) is 0. The van der Waals surface area contributed by atoms with Crippen molar-refractivity contribution in [3.05, 3.63) is 80.9 Å². The fraction of sp³-hybridized carbons (Fsp3) is 0.467. The maximum absolute atomic E-state index is 2.66. The third-order valence-corrected chi connectivity index (χ3v) is 29.7. The van der Waals surface area contributed by atoms with E-state index in [1.165, 1.54) is 11.1 Å². The zero-order chi connectivity index (χ0) is 23.6. The van der Waals surface area contributed by atoms with Crippen LogP contribution in [-0.4, -0.2) is 5.92 Å². The molecule has 0 bridgehead atoms. The van der Waals surface area contributed by atoms with Gasteiger partial charge in [0.05, 0.1) is 0 Å². The monoisotopic (exact) mass is 519 g/mol. The fourth-order valence-electron chi connectivity index (χ4n) is 6.13. The first-order valence-electron chi connectivity index (χ1n) is 12.3. The maximum atomic E-state index is 2.66. The molecule has 4 rings (SSSR count). The van der Waals surface area contributed by atoms with Crippen LogP contribution in [0.2, 0.25) is 13.1 Å². The van der Waals surface area contributed by atoms with E-state index >= 15 is 0 Å². The zero-order valence-electron chi connectivity index (χ0n) is 21.9. The molecule has 2 aromatic rings. The molecule has 2 aliphatic rings. The Morgan fingerprint density at radius 2 is 1.03 bits per heavy atom. The number of fused-ring (bicyclic) bond motifs is 2. The molecule has 2 atom stereocenters. The van der Waals surface area contributed by atoms with Crippen LogP contribution >= 0.6 is 0 Å². The Morgan fingerprint density at radius 3 is 1.34 bits per heavy atom. The summed E-state index contributed by atoms with van der Waals surface area (Å²) in [4.78, 5) is 0. The van der Waals surface area contributed by atoms with Crippen molar-refractivity contribution >= 4 is 18.1 Å². The van der Waals surface area contributed by atoms with Gasteiger partial charge in [-0.1, -0.05) is 0 Å². The molecule has 2 unspecified atom stereocenters. The molecule has 2 aliphatic carbocycles. The van der Waals surface area contributed by atoms with Gasteiger partial charge in [-0.05, 0) is 0 Å². The zero-order valence-corrected chi connectivity index (χ0v) is 25.5. The van der Waals surface area contributed by atoms with Crippen LogP contribution in [0.4, 0.5) is 0 Å². The van der Waals surface area contributed by atoms with Gasteiger partial charge >= 0.3 is 206 Å². The van der Waals surface area contributed by atoms with Crippen molar-refractivity contribution in [1.82, 2.24) is 0 Å². The third kappa shape index (κ3) is 4.05. The van der Waals surface area contributed by atoms with Crippen LogP contribution in [0.1, 0.15) is 96.0 Å². The van der Waals surface area contributed by atoms with Crippen LogP contribution < -0.4 is 0 Å². The van der Waals surface area contributed by atoms with Crippen LogP contribution in [0.5, 0.6) is 0 Å². The van der Waals surface area contributed by atoms with Gasteiger partial charge in [-0.15, -0.1) is 0 Å². The first kappa shape index (κ1) is 24.2. The number of benzene rings is 2. The quantitative estimate of drug-likeness (QED) is 0.356. The Labute approximate surface area is 205 Å². The van der Waals surface area contributed by atoms with E-state index in [2.05, 4.69) is 117 Å². The second kappa shape index (κ2) is 8.35. The predicted molar refractivity (Wildman–Crippen MR) is 142 cm³/mol. The number of rotatable bonds is 3. The van der Waals surface area contributed by atoms with E-state index in [4.69, 9.17) is 0 Å². The van der Waals surface area contributed by atoms with E-state index in [-0.39, 0.29) is 10.8 Å². The van der Waals surface area contributed by atoms with Gasteiger partial charge in [-0.25, -0.2) is 0 Å². The Morgan fingerprint density at radius 1 is 0.656 bits per heavy atom. The third-order valence-electron chi connectivity index (χ3n) is 7.51. The van der Waals surface area contributed by atoms with Gasteiger partial charge in [-0.3, -0.25) is 0 Å². The molecule has 0 aliphatic heterocycles. The van der Waals surface area contributed by atoms with E-state index in [1.54, 1.807) is 33.4 Å². The summed E-state index contributed by atoms with van der Waals surface area (Å²) >= 11 is -1.91. The summed E-state index contributed by atoms with van der Waals surface area (Å²) in [6, 6.07) is 14.4. The molecule has 0 fully saturated rings. The second-order valence-corrected chi connectivity index (χ2v) is 32.5. The second-order valence-electron chi connectivity index (χ2n) is 12.4. The normalized spacial score (nSPS) is 20.2. The fourth-order valence-corrected chi connectivity index (χ4v) is 29.3. The predicted octanol–water partition coefficient (Wildman–Crippen LogP) is 8.50. The molecule has 0 nitrogen and oxygen atoms in total. The van der Waals surface area contributed by atoms with Gasteiger partial charge in [-0.2, -0.15) is 0 Å². The Balaban J connectivity index is 1.87. The number of hydrogen-bond donors (Lipinski definition) is 0. The van der Waals surface area contributed by atoms with Crippen molar-refractivity contribution in [3.63, 3.8) is 0 Å². The molecule has 0 amide bonds. The Hall–Kier alpha value is -0.980. The van der Waals surface area contributed by atoms with Crippen LogP contribution in [0.3, 0.4) is 0 Å². The van der Waals surface area contributed by atoms with Crippen molar-refractivity contribution < 1.29 is 20.9 Å². The average Bonchev–Trinajstić information content (AvgIpc) is 3.17. The van der Waals surface area contributed by atoms with Crippen LogP contribution in [0.15, 0.2) is 47.5 Å². The van der Waals surface area contributed by atoms with Gasteiger partial charge in [0.15, 0.2) is 0 Å². The number of allylic oxidation sites excluding steroid dienone is 2. The topological polar surface area (TPSA) is 0 Å². The van der Waals surface area contributed by atoms with Gasteiger partial charge in [0.1, 0.15) is 0 Å². The first-order valence-corrected chi connectivity index (χ1v) is 22.3. The molecular formula is C30H41SiZr. The van der Waals surface area contributed by atoms with Crippen LogP contribution in [0.25, 0.3) is 12.2 Å². The molecule has 2 heteroatoms. The van der Waals surface area contributed by atoms with Crippen LogP contribution in [0, 0.1) is 0 Å². The summed E-state index contributed by atoms with van der Waals surface area (Å²) in [5, 5.41) is 0. The van der Waals surface area contributed by atoms with E-state index in [0.717, 1.165) is 7.25 Å². The minimum atomic E-state index is -1.91. The van der Waals surface area contributed by atoms with Crippen molar-refractivity contribution in [1.29, 1.82) is 0 Å². The van der Waals surface area contributed by atoms with E-state index in [0.29, 0.717) is 0 Å². The van der Waals surface area contributed by atoms with Gasteiger partial charge in [0.2, 0.25) is 0 Å². The van der Waals surface area contributed by atoms with Crippen LogP contribution in [-0.2, 0) is 31.7 Å². The van der Waals surface area contributed by atoms with Crippen molar-refractivity contribution in [3.8, 4) is 0 Å².